The molecule has 5 aromatic rings. The number of aromatic nitrogens is 7. The van der Waals surface area contributed by atoms with Crippen molar-refractivity contribution in [3.05, 3.63) is 66.9 Å². The fourth-order valence-electron chi connectivity index (χ4n) is 5.25. The molecule has 3 atom stereocenters. The fraction of sp³-hybridized carbons (Fsp3) is 0.310. The van der Waals surface area contributed by atoms with Crippen molar-refractivity contribution in [1.29, 1.82) is 0 Å². The first-order valence-electron chi connectivity index (χ1n) is 13.6. The molecule has 12 nitrogen and oxygen atoms in total. The molecule has 0 aliphatic carbocycles. The van der Waals surface area contributed by atoms with Crippen molar-refractivity contribution in [3.8, 4) is 11.5 Å². The second kappa shape index (κ2) is 11.3. The first-order valence-corrected chi connectivity index (χ1v) is 13.6. The summed E-state index contributed by atoms with van der Waals surface area (Å²) in [4.78, 5) is 20.0. The maximum Gasteiger partial charge on any atom is 0.226 e. The van der Waals surface area contributed by atoms with Gasteiger partial charge >= 0.3 is 0 Å². The van der Waals surface area contributed by atoms with Gasteiger partial charge in [-0.15, -0.1) is 5.10 Å². The number of aryl methyl sites for hydroxylation is 1. The molecule has 3 aromatic heterocycles. The van der Waals surface area contributed by atoms with Crippen LogP contribution in [0.2, 0.25) is 0 Å². The summed E-state index contributed by atoms with van der Waals surface area (Å²) in [5.41, 5.74) is 3.09. The molecule has 216 valence electrons. The van der Waals surface area contributed by atoms with Crippen LogP contribution in [-0.2, 0) is 7.05 Å². The van der Waals surface area contributed by atoms with E-state index < -0.39 is 12.0 Å². The lowest BCUT2D eigenvalue weighted by atomic mass is 9.96. The number of fused-ring (bicyclic) bond motifs is 2. The number of hydrogen-bond acceptors (Lipinski definition) is 11. The van der Waals surface area contributed by atoms with Gasteiger partial charge in [-0.05, 0) is 49.6 Å². The Kier molecular flexibility index (Phi) is 7.35. The quantitative estimate of drug-likeness (QED) is 0.184. The molecule has 1 aliphatic rings. The summed E-state index contributed by atoms with van der Waals surface area (Å²) < 4.78 is 23.3. The highest BCUT2D eigenvalue weighted by molar-refractivity contribution is 5.87. The van der Waals surface area contributed by atoms with E-state index in [2.05, 4.69) is 54.3 Å². The van der Waals surface area contributed by atoms with E-state index in [4.69, 9.17) is 9.72 Å². The number of rotatable bonds is 8. The average Bonchev–Trinajstić information content (AvgIpc) is 3.36. The van der Waals surface area contributed by atoms with Gasteiger partial charge < -0.3 is 20.1 Å². The van der Waals surface area contributed by atoms with Crippen LogP contribution in [0.3, 0.4) is 0 Å². The van der Waals surface area contributed by atoms with Crippen LogP contribution in [0.15, 0.2) is 55.5 Å². The fourth-order valence-corrected chi connectivity index (χ4v) is 5.25. The molecule has 0 radical (unpaired) electrons. The number of aliphatic hydroxyl groups excluding tert-OH is 1. The molecule has 42 heavy (non-hydrogen) atoms. The number of hydrogen-bond donors (Lipinski definition) is 3. The zero-order valence-electron chi connectivity index (χ0n) is 23.5. The van der Waals surface area contributed by atoms with Crippen molar-refractivity contribution in [2.45, 2.75) is 32.5 Å². The van der Waals surface area contributed by atoms with E-state index in [1.807, 2.05) is 13.1 Å². The van der Waals surface area contributed by atoms with E-state index in [1.54, 1.807) is 42.1 Å². The standard InChI is InChI=1S/C29H31FN10O2/c1-5-25(41)34-18-10-16(2)13-40(14-18)29-31-12-22-27(36-29)28(33-15-32-22)35-20-7-9-24(17(3)26(20)30)42-19-6-8-23-21(11-19)37-38-39(23)4/h5-9,11-12,15-16,18,25,34,41H,1,10,13-14H2,2-4H3,(H,32,33,35)/t16-,18-,25?/m0/s1. The summed E-state index contributed by atoms with van der Waals surface area (Å²) in [6.07, 6.45) is 4.60. The summed E-state index contributed by atoms with van der Waals surface area (Å²) in [5, 5.41) is 24.4. The first-order chi connectivity index (χ1) is 20.3. The Morgan fingerprint density at radius 1 is 1.17 bits per heavy atom. The maximum atomic E-state index is 15.6. The molecule has 0 spiro atoms. The number of halogens is 1. The van der Waals surface area contributed by atoms with Crippen LogP contribution < -0.4 is 20.3 Å². The van der Waals surface area contributed by atoms with Gasteiger partial charge in [-0.2, -0.15) is 0 Å². The third kappa shape index (κ3) is 5.43. The predicted octanol–water partition coefficient (Wildman–Crippen LogP) is 3.99. The highest BCUT2D eigenvalue weighted by Gasteiger charge is 2.27. The van der Waals surface area contributed by atoms with E-state index in [0.717, 1.165) is 18.5 Å². The van der Waals surface area contributed by atoms with E-state index in [-0.39, 0.29) is 11.7 Å². The van der Waals surface area contributed by atoms with Crippen LogP contribution in [0.25, 0.3) is 22.1 Å². The Labute approximate surface area is 241 Å². The van der Waals surface area contributed by atoms with Crippen LogP contribution in [0.5, 0.6) is 11.5 Å². The van der Waals surface area contributed by atoms with Gasteiger partial charge in [-0.25, -0.2) is 29.0 Å². The number of piperidine rings is 1. The van der Waals surface area contributed by atoms with Gasteiger partial charge in [0.25, 0.3) is 0 Å². The van der Waals surface area contributed by atoms with E-state index >= 15 is 4.39 Å². The Hall–Kier alpha value is -4.75. The summed E-state index contributed by atoms with van der Waals surface area (Å²) in [7, 11) is 1.81. The molecule has 13 heteroatoms. The lowest BCUT2D eigenvalue weighted by Gasteiger charge is -2.37. The van der Waals surface area contributed by atoms with Crippen LogP contribution >= 0.6 is 0 Å². The molecule has 0 amide bonds. The van der Waals surface area contributed by atoms with Crippen molar-refractivity contribution < 1.29 is 14.2 Å². The smallest absolute Gasteiger partial charge is 0.226 e. The second-order valence-electron chi connectivity index (χ2n) is 10.6. The van der Waals surface area contributed by atoms with Crippen molar-refractivity contribution in [1.82, 2.24) is 40.2 Å². The zero-order chi connectivity index (χ0) is 29.4. The number of ether oxygens (including phenoxy) is 1. The third-order valence-corrected chi connectivity index (χ3v) is 7.34. The Balaban J connectivity index is 1.25. The molecule has 1 aliphatic heterocycles. The van der Waals surface area contributed by atoms with Crippen molar-refractivity contribution >= 4 is 39.5 Å². The molecule has 0 bridgehead atoms. The van der Waals surface area contributed by atoms with Gasteiger partial charge in [0.05, 0.1) is 17.4 Å². The maximum absolute atomic E-state index is 15.6. The number of nitrogens with one attached hydrogen (secondary N) is 2. The summed E-state index contributed by atoms with van der Waals surface area (Å²) in [6, 6.07) is 8.75. The predicted molar refractivity (Wildman–Crippen MR) is 157 cm³/mol. The van der Waals surface area contributed by atoms with Gasteiger partial charge in [0.2, 0.25) is 5.95 Å². The number of aliphatic hydroxyl groups is 1. The minimum Gasteiger partial charge on any atom is -0.457 e. The van der Waals surface area contributed by atoms with Gasteiger partial charge in [0.15, 0.2) is 11.6 Å². The third-order valence-electron chi connectivity index (χ3n) is 7.34. The largest absolute Gasteiger partial charge is 0.457 e. The molecular weight excluding hydrogens is 539 g/mol. The van der Waals surface area contributed by atoms with Crippen LogP contribution in [0.1, 0.15) is 18.9 Å². The summed E-state index contributed by atoms with van der Waals surface area (Å²) in [6.45, 7) is 8.79. The second-order valence-corrected chi connectivity index (χ2v) is 10.6. The molecule has 0 saturated carbocycles. The van der Waals surface area contributed by atoms with Gasteiger partial charge in [-0.3, -0.25) is 5.32 Å². The van der Waals surface area contributed by atoms with Gasteiger partial charge in [0.1, 0.15) is 40.6 Å². The average molecular weight is 571 g/mol. The van der Waals surface area contributed by atoms with Gasteiger partial charge in [-0.1, -0.05) is 18.7 Å². The summed E-state index contributed by atoms with van der Waals surface area (Å²) in [5.74, 6) is 1.63. The number of anilines is 3. The SMILES string of the molecule is C=CC(O)N[C@H]1C[C@H](C)CN(c2ncc3ncnc(Nc4ccc(Oc5ccc6c(c5)nnn6C)c(C)c4F)c3n2)C1. The Morgan fingerprint density at radius 3 is 2.86 bits per heavy atom. The van der Waals surface area contributed by atoms with E-state index in [9.17, 15) is 5.11 Å². The molecule has 2 aromatic carbocycles. The first kappa shape index (κ1) is 27.4. The number of benzene rings is 2. The normalized spacial score (nSPS) is 17.9. The molecule has 6 rings (SSSR count). The van der Waals surface area contributed by atoms with Crippen molar-refractivity contribution in [2.24, 2.45) is 13.0 Å². The monoisotopic (exact) mass is 570 g/mol. The van der Waals surface area contributed by atoms with Crippen molar-refractivity contribution in [2.75, 3.05) is 23.3 Å². The minimum absolute atomic E-state index is 0.0333. The zero-order valence-corrected chi connectivity index (χ0v) is 23.5. The summed E-state index contributed by atoms with van der Waals surface area (Å²) >= 11 is 0. The highest BCUT2D eigenvalue weighted by atomic mass is 19.1. The molecule has 3 N–H and O–H groups in total. The molecule has 4 heterocycles. The van der Waals surface area contributed by atoms with E-state index in [0.29, 0.717) is 57.8 Å². The Bertz CT molecular complexity index is 1780. The molecular formula is C29H31FN10O2. The van der Waals surface area contributed by atoms with Crippen molar-refractivity contribution in [3.63, 3.8) is 0 Å². The Morgan fingerprint density at radius 2 is 2.02 bits per heavy atom. The lowest BCUT2D eigenvalue weighted by Crippen LogP contribution is -2.51. The molecule has 1 unspecified atom stereocenters. The van der Waals surface area contributed by atoms with Crippen LogP contribution in [0.4, 0.5) is 21.8 Å². The topological polar surface area (TPSA) is 139 Å². The lowest BCUT2D eigenvalue weighted by molar-refractivity contribution is 0.156. The number of nitrogens with zero attached hydrogens (tertiary/aromatic N) is 8. The van der Waals surface area contributed by atoms with Crippen LogP contribution in [-0.4, -0.2) is 65.4 Å². The van der Waals surface area contributed by atoms with Gasteiger partial charge in [0, 0.05) is 37.8 Å². The molecule has 1 saturated heterocycles. The van der Waals surface area contributed by atoms with Crippen LogP contribution in [0, 0.1) is 18.7 Å². The highest BCUT2D eigenvalue weighted by Crippen LogP contribution is 2.33. The molecule has 1 fully saturated rings. The van der Waals surface area contributed by atoms with E-state index in [1.165, 1.54) is 12.4 Å². The minimum atomic E-state index is -0.791.